The first-order valence-corrected chi connectivity index (χ1v) is 16.5. The molecule has 46 heavy (non-hydrogen) atoms. The lowest BCUT2D eigenvalue weighted by molar-refractivity contribution is 0.0685. The van der Waals surface area contributed by atoms with E-state index in [0.29, 0.717) is 23.1 Å². The van der Waals surface area contributed by atoms with Gasteiger partial charge in [-0.25, -0.2) is 14.5 Å². The number of pyridine rings is 1. The van der Waals surface area contributed by atoms with Crippen molar-refractivity contribution in [2.45, 2.75) is 52.4 Å². The molecule has 2 aromatic carbocycles. The molecule has 0 radical (unpaired) electrons. The summed E-state index contributed by atoms with van der Waals surface area (Å²) in [6, 6.07) is 21.5. The molecule has 10 heteroatoms. The van der Waals surface area contributed by atoms with Gasteiger partial charge in [0.1, 0.15) is 16.5 Å². The van der Waals surface area contributed by atoms with Gasteiger partial charge in [-0.1, -0.05) is 50.6 Å². The summed E-state index contributed by atoms with van der Waals surface area (Å²) < 4.78 is 1.78. The summed E-state index contributed by atoms with van der Waals surface area (Å²) >= 11 is 1.48. The highest BCUT2D eigenvalue weighted by molar-refractivity contribution is 7.13. The van der Waals surface area contributed by atoms with Crippen LogP contribution >= 0.6 is 11.3 Å². The van der Waals surface area contributed by atoms with Gasteiger partial charge < -0.3 is 10.2 Å². The summed E-state index contributed by atoms with van der Waals surface area (Å²) in [5.41, 5.74) is 6.17. The summed E-state index contributed by atoms with van der Waals surface area (Å²) in [4.78, 5) is 36.7. The second kappa shape index (κ2) is 13.3. The number of aromatic nitrogens is 4. The van der Waals surface area contributed by atoms with Crippen molar-refractivity contribution in [3.8, 4) is 16.3 Å². The third-order valence-corrected chi connectivity index (χ3v) is 9.18. The van der Waals surface area contributed by atoms with Gasteiger partial charge in [0.15, 0.2) is 0 Å². The first-order chi connectivity index (χ1) is 22.1. The normalized spacial score (nSPS) is 13.9. The van der Waals surface area contributed by atoms with E-state index in [1.165, 1.54) is 16.9 Å². The topological polar surface area (TPSA) is 105 Å². The van der Waals surface area contributed by atoms with E-state index in [0.717, 1.165) is 59.9 Å². The maximum absolute atomic E-state index is 13.1. The van der Waals surface area contributed by atoms with Crippen molar-refractivity contribution in [2.24, 2.45) is 5.92 Å². The number of hydrogen-bond donors (Lipinski definition) is 2. The summed E-state index contributed by atoms with van der Waals surface area (Å²) in [6.45, 7) is 9.80. The molecule has 1 saturated heterocycles. The Hall–Kier alpha value is -4.83. The molecule has 0 aliphatic carbocycles. The SMILES string of the molecule is Cc1ccc(-n2nc(C(C)(C)C)cc2NC(=O)Nc2ccc(CC3CCN(C(=O)c4csc(-c5ccncc5)n4)CC3)cc2)cc1. The average molecular weight is 634 g/mol. The highest BCUT2D eigenvalue weighted by Crippen LogP contribution is 2.28. The zero-order valence-electron chi connectivity index (χ0n) is 26.7. The van der Waals surface area contributed by atoms with Crippen molar-refractivity contribution in [2.75, 3.05) is 23.7 Å². The van der Waals surface area contributed by atoms with Crippen LogP contribution in [-0.2, 0) is 11.8 Å². The molecule has 236 valence electrons. The predicted molar refractivity (Wildman–Crippen MR) is 184 cm³/mol. The predicted octanol–water partition coefficient (Wildman–Crippen LogP) is 7.74. The Kier molecular flexibility index (Phi) is 8.99. The number of nitrogens with one attached hydrogen (secondary N) is 2. The first-order valence-electron chi connectivity index (χ1n) is 15.6. The van der Waals surface area contributed by atoms with Gasteiger partial charge in [0.25, 0.3) is 5.91 Å². The molecule has 1 aliphatic rings. The summed E-state index contributed by atoms with van der Waals surface area (Å²) in [5.74, 6) is 1.10. The van der Waals surface area contributed by atoms with E-state index in [4.69, 9.17) is 5.10 Å². The Bertz CT molecular complexity index is 1800. The fraction of sp³-hybridized carbons (Fsp3) is 0.306. The van der Waals surface area contributed by atoms with Gasteiger partial charge in [-0.15, -0.1) is 11.3 Å². The van der Waals surface area contributed by atoms with E-state index in [1.807, 2.05) is 71.8 Å². The molecule has 0 atom stereocenters. The molecule has 5 aromatic rings. The molecule has 1 fully saturated rings. The Morgan fingerprint density at radius 1 is 0.935 bits per heavy atom. The van der Waals surface area contributed by atoms with Gasteiger partial charge in [-0.05, 0) is 74.1 Å². The number of thiazole rings is 1. The van der Waals surface area contributed by atoms with Gasteiger partial charge in [0, 0.05) is 53.6 Å². The van der Waals surface area contributed by atoms with Crippen LogP contribution in [-0.4, -0.2) is 49.7 Å². The zero-order chi connectivity index (χ0) is 32.3. The Morgan fingerprint density at radius 2 is 1.63 bits per heavy atom. The lowest BCUT2D eigenvalue weighted by Crippen LogP contribution is -2.39. The molecule has 1 aliphatic heterocycles. The minimum atomic E-state index is -0.327. The van der Waals surface area contributed by atoms with Crippen molar-refractivity contribution < 1.29 is 9.59 Å². The highest BCUT2D eigenvalue weighted by Gasteiger charge is 2.26. The molecule has 0 spiro atoms. The van der Waals surface area contributed by atoms with Crippen LogP contribution in [0.1, 0.15) is 60.9 Å². The third kappa shape index (κ3) is 7.34. The van der Waals surface area contributed by atoms with E-state index in [-0.39, 0.29) is 17.4 Å². The number of piperidine rings is 1. The van der Waals surface area contributed by atoms with Crippen LogP contribution in [0.2, 0.25) is 0 Å². The lowest BCUT2D eigenvalue weighted by atomic mass is 9.90. The summed E-state index contributed by atoms with van der Waals surface area (Å²) in [7, 11) is 0. The van der Waals surface area contributed by atoms with E-state index in [2.05, 4.69) is 53.5 Å². The number of rotatable bonds is 7. The summed E-state index contributed by atoms with van der Waals surface area (Å²) in [6.07, 6.45) is 6.29. The molecular weight excluding hydrogens is 595 g/mol. The molecule has 0 saturated carbocycles. The molecule has 6 rings (SSSR count). The average Bonchev–Trinajstić information content (AvgIpc) is 3.71. The van der Waals surface area contributed by atoms with Crippen molar-refractivity contribution in [1.29, 1.82) is 0 Å². The standard InChI is InChI=1S/C36H39N7O2S/c1-24-5-11-29(12-6-24)43-32(22-31(41-43)36(2,3)4)40-35(45)38-28-9-7-25(8-10-28)21-26-15-19-42(20-16-26)34(44)30-23-46-33(39-30)27-13-17-37-18-14-27/h5-14,17-18,22-23,26H,15-16,19-21H2,1-4H3,(H2,38,40,45). The van der Waals surface area contributed by atoms with Crippen molar-refractivity contribution in [1.82, 2.24) is 24.6 Å². The second-order valence-electron chi connectivity index (χ2n) is 12.9. The fourth-order valence-corrected chi connectivity index (χ4v) is 6.36. The van der Waals surface area contributed by atoms with Gasteiger partial charge >= 0.3 is 6.03 Å². The van der Waals surface area contributed by atoms with Crippen molar-refractivity contribution >= 4 is 34.8 Å². The van der Waals surface area contributed by atoms with E-state index in [1.54, 1.807) is 17.1 Å². The molecule has 3 aromatic heterocycles. The van der Waals surface area contributed by atoms with E-state index < -0.39 is 0 Å². The van der Waals surface area contributed by atoms with E-state index in [9.17, 15) is 9.59 Å². The number of benzene rings is 2. The monoisotopic (exact) mass is 633 g/mol. The molecular formula is C36H39N7O2S. The second-order valence-corrected chi connectivity index (χ2v) is 13.8. The number of urea groups is 1. The Labute approximate surface area is 273 Å². The smallest absolute Gasteiger partial charge is 0.324 e. The first kappa shape index (κ1) is 31.2. The minimum Gasteiger partial charge on any atom is -0.337 e. The molecule has 9 nitrogen and oxygen atoms in total. The van der Waals surface area contributed by atoms with Crippen LogP contribution in [0.4, 0.5) is 16.3 Å². The number of carbonyl (C=O) groups is 2. The van der Waals surface area contributed by atoms with Gasteiger partial charge in [-0.2, -0.15) is 5.10 Å². The maximum Gasteiger partial charge on any atom is 0.324 e. The lowest BCUT2D eigenvalue weighted by Gasteiger charge is -2.31. The van der Waals surface area contributed by atoms with E-state index >= 15 is 0 Å². The van der Waals surface area contributed by atoms with Crippen LogP contribution in [0, 0.1) is 12.8 Å². The molecule has 2 N–H and O–H groups in total. The Morgan fingerprint density at radius 3 is 2.30 bits per heavy atom. The van der Waals surface area contributed by atoms with Crippen LogP contribution in [0.25, 0.3) is 16.3 Å². The highest BCUT2D eigenvalue weighted by atomic mass is 32.1. The number of amides is 3. The number of carbonyl (C=O) groups excluding carboxylic acids is 2. The van der Waals surface area contributed by atoms with Crippen LogP contribution in [0.3, 0.4) is 0 Å². The number of hydrogen-bond acceptors (Lipinski definition) is 6. The molecule has 4 heterocycles. The zero-order valence-corrected chi connectivity index (χ0v) is 27.5. The molecule has 0 bridgehead atoms. The molecule has 0 unspecified atom stereocenters. The largest absolute Gasteiger partial charge is 0.337 e. The minimum absolute atomic E-state index is 0.000237. The van der Waals surface area contributed by atoms with Gasteiger partial charge in [0.2, 0.25) is 0 Å². The fourth-order valence-electron chi connectivity index (χ4n) is 5.56. The van der Waals surface area contributed by atoms with Crippen LogP contribution in [0.5, 0.6) is 0 Å². The number of anilines is 2. The van der Waals surface area contributed by atoms with Crippen LogP contribution < -0.4 is 10.6 Å². The molecule has 3 amide bonds. The number of nitrogens with zero attached hydrogens (tertiary/aromatic N) is 5. The van der Waals surface area contributed by atoms with Gasteiger partial charge in [0.05, 0.1) is 11.4 Å². The van der Waals surface area contributed by atoms with Gasteiger partial charge in [-0.3, -0.25) is 15.1 Å². The van der Waals surface area contributed by atoms with Crippen LogP contribution in [0.15, 0.2) is 84.5 Å². The number of likely N-dealkylation sites (tertiary alicyclic amines) is 1. The Balaban J connectivity index is 1.01. The third-order valence-electron chi connectivity index (χ3n) is 8.29. The maximum atomic E-state index is 13.1. The van der Waals surface area contributed by atoms with Crippen molar-refractivity contribution in [3.63, 3.8) is 0 Å². The summed E-state index contributed by atoms with van der Waals surface area (Å²) in [5, 5.41) is 13.4. The quantitative estimate of drug-likeness (QED) is 0.191. The van der Waals surface area contributed by atoms with Crippen molar-refractivity contribution in [3.05, 3.63) is 107 Å². The number of aryl methyl sites for hydroxylation is 1.